The van der Waals surface area contributed by atoms with Gasteiger partial charge in [0.15, 0.2) is 0 Å². The average molecular weight is 283 g/mol. The molecule has 1 amide bonds. The molecular formula is C13H17NO4S. The van der Waals surface area contributed by atoms with E-state index in [9.17, 15) is 9.59 Å². The molecule has 2 N–H and O–H groups in total. The van der Waals surface area contributed by atoms with Crippen LogP contribution in [0.5, 0.6) is 5.75 Å². The summed E-state index contributed by atoms with van der Waals surface area (Å²) in [6, 6.07) is 4.53. The Kier molecular flexibility index (Phi) is 5.69. The van der Waals surface area contributed by atoms with Crippen LogP contribution in [0.4, 0.5) is 5.69 Å². The normalized spacial score (nSPS) is 11.7. The highest BCUT2D eigenvalue weighted by atomic mass is 32.2. The maximum absolute atomic E-state index is 11.9. The number of hydrogen-bond acceptors (Lipinski definition) is 4. The zero-order valence-corrected chi connectivity index (χ0v) is 11.9. The van der Waals surface area contributed by atoms with Crippen molar-refractivity contribution in [1.29, 1.82) is 0 Å². The van der Waals surface area contributed by atoms with Crippen molar-refractivity contribution in [1.82, 2.24) is 0 Å². The summed E-state index contributed by atoms with van der Waals surface area (Å²) in [7, 11) is 1.46. The number of carbonyl (C=O) groups excluding carboxylic acids is 1. The number of rotatable bonds is 6. The molecule has 1 rings (SSSR count). The van der Waals surface area contributed by atoms with Crippen molar-refractivity contribution in [2.45, 2.75) is 6.92 Å². The number of carboxylic acid groups (broad SMARTS) is 1. The van der Waals surface area contributed by atoms with Crippen LogP contribution in [-0.4, -0.2) is 36.1 Å². The lowest BCUT2D eigenvalue weighted by Gasteiger charge is -2.13. The highest BCUT2D eigenvalue weighted by Crippen LogP contribution is 2.23. The smallest absolute Gasteiger partial charge is 0.337 e. The van der Waals surface area contributed by atoms with Crippen LogP contribution in [0.1, 0.15) is 17.3 Å². The van der Waals surface area contributed by atoms with Gasteiger partial charge in [-0.15, -0.1) is 0 Å². The van der Waals surface area contributed by atoms with E-state index in [1.807, 2.05) is 6.26 Å². The fourth-order valence-corrected chi connectivity index (χ4v) is 2.17. The number of nitrogens with one attached hydrogen (secondary N) is 1. The van der Waals surface area contributed by atoms with Crippen molar-refractivity contribution in [3.05, 3.63) is 23.8 Å². The monoisotopic (exact) mass is 283 g/mol. The summed E-state index contributed by atoms with van der Waals surface area (Å²) in [5.74, 6) is -0.357. The summed E-state index contributed by atoms with van der Waals surface area (Å²) in [5.41, 5.74) is 0.301. The zero-order chi connectivity index (χ0) is 14.4. The van der Waals surface area contributed by atoms with Gasteiger partial charge in [-0.25, -0.2) is 4.79 Å². The molecule has 19 heavy (non-hydrogen) atoms. The number of benzene rings is 1. The third kappa shape index (κ3) is 4.17. The van der Waals surface area contributed by atoms with Gasteiger partial charge in [0, 0.05) is 11.7 Å². The predicted octanol–water partition coefficient (Wildman–Crippen LogP) is 2.33. The Morgan fingerprint density at radius 2 is 2.16 bits per heavy atom. The minimum atomic E-state index is -1.10. The molecule has 1 atom stereocenters. The summed E-state index contributed by atoms with van der Waals surface area (Å²) in [5, 5.41) is 11.8. The summed E-state index contributed by atoms with van der Waals surface area (Å²) < 4.78 is 4.97. The third-order valence-electron chi connectivity index (χ3n) is 2.58. The Morgan fingerprint density at radius 1 is 1.47 bits per heavy atom. The van der Waals surface area contributed by atoms with E-state index >= 15 is 0 Å². The minimum absolute atomic E-state index is 0.0176. The standard InChI is InChI=1S/C13H17NO4S/c1-8(7-19-3)12(15)14-11-5-4-9(18-2)6-10(11)13(16)17/h4-6,8H,7H2,1-3H3,(H,14,15)(H,16,17). The Morgan fingerprint density at radius 3 is 2.68 bits per heavy atom. The van der Waals surface area contributed by atoms with Crippen LogP contribution in [-0.2, 0) is 4.79 Å². The van der Waals surface area contributed by atoms with Gasteiger partial charge in [-0.05, 0) is 24.5 Å². The van der Waals surface area contributed by atoms with Crippen LogP contribution in [0.3, 0.4) is 0 Å². The largest absolute Gasteiger partial charge is 0.497 e. The summed E-state index contributed by atoms with van der Waals surface area (Å²) in [6.45, 7) is 1.80. The van der Waals surface area contributed by atoms with Crippen LogP contribution in [0.2, 0.25) is 0 Å². The van der Waals surface area contributed by atoms with E-state index in [1.54, 1.807) is 24.8 Å². The van der Waals surface area contributed by atoms with Crippen molar-refractivity contribution >= 4 is 29.3 Å². The van der Waals surface area contributed by atoms with Gasteiger partial charge in [0.2, 0.25) is 5.91 Å². The highest BCUT2D eigenvalue weighted by molar-refractivity contribution is 7.98. The molecule has 0 bridgehead atoms. The molecule has 0 heterocycles. The molecule has 6 heteroatoms. The van der Waals surface area contributed by atoms with Crippen LogP contribution in [0, 0.1) is 5.92 Å². The number of anilines is 1. The molecule has 1 aromatic rings. The average Bonchev–Trinajstić information content (AvgIpc) is 2.39. The molecule has 0 radical (unpaired) electrons. The molecule has 0 aromatic heterocycles. The summed E-state index contributed by atoms with van der Waals surface area (Å²) in [6.07, 6.45) is 1.92. The van der Waals surface area contributed by atoms with Gasteiger partial charge in [-0.1, -0.05) is 6.92 Å². The van der Waals surface area contributed by atoms with Gasteiger partial charge in [0.25, 0.3) is 0 Å². The van der Waals surface area contributed by atoms with Crippen molar-refractivity contribution in [3.8, 4) is 5.75 Å². The van der Waals surface area contributed by atoms with E-state index in [4.69, 9.17) is 9.84 Å². The first-order chi connectivity index (χ1) is 8.99. The number of methoxy groups -OCH3 is 1. The van der Waals surface area contributed by atoms with Crippen molar-refractivity contribution in [2.24, 2.45) is 5.92 Å². The van der Waals surface area contributed by atoms with Gasteiger partial charge in [-0.3, -0.25) is 4.79 Å². The maximum atomic E-state index is 11.9. The van der Waals surface area contributed by atoms with Crippen LogP contribution in [0.15, 0.2) is 18.2 Å². The lowest BCUT2D eigenvalue weighted by Crippen LogP contribution is -2.23. The third-order valence-corrected chi connectivity index (χ3v) is 3.41. The topological polar surface area (TPSA) is 75.6 Å². The predicted molar refractivity (Wildman–Crippen MR) is 76.1 cm³/mol. The molecule has 1 aromatic carbocycles. The molecule has 5 nitrogen and oxygen atoms in total. The minimum Gasteiger partial charge on any atom is -0.497 e. The van der Waals surface area contributed by atoms with E-state index < -0.39 is 5.97 Å². The molecule has 104 valence electrons. The molecule has 0 aliphatic rings. The van der Waals surface area contributed by atoms with Crippen molar-refractivity contribution in [2.75, 3.05) is 24.4 Å². The second kappa shape index (κ2) is 7.04. The molecule has 0 saturated heterocycles. The van der Waals surface area contributed by atoms with E-state index in [-0.39, 0.29) is 23.1 Å². The van der Waals surface area contributed by atoms with Crippen molar-refractivity contribution in [3.63, 3.8) is 0 Å². The number of amides is 1. The van der Waals surface area contributed by atoms with E-state index in [0.717, 1.165) is 0 Å². The lowest BCUT2D eigenvalue weighted by molar-refractivity contribution is -0.118. The van der Waals surface area contributed by atoms with Gasteiger partial charge in [0.1, 0.15) is 5.75 Å². The molecular weight excluding hydrogens is 266 g/mol. The van der Waals surface area contributed by atoms with Gasteiger partial charge in [0.05, 0.1) is 18.4 Å². The number of aromatic carboxylic acids is 1. The number of thioether (sulfide) groups is 1. The first-order valence-electron chi connectivity index (χ1n) is 5.70. The fraction of sp³-hybridized carbons (Fsp3) is 0.385. The molecule has 1 unspecified atom stereocenters. The Labute approximate surface area is 116 Å². The van der Waals surface area contributed by atoms with E-state index in [0.29, 0.717) is 11.5 Å². The van der Waals surface area contributed by atoms with Crippen molar-refractivity contribution < 1.29 is 19.4 Å². The highest BCUT2D eigenvalue weighted by Gasteiger charge is 2.17. The molecule has 0 spiro atoms. The van der Waals surface area contributed by atoms with Gasteiger partial charge >= 0.3 is 5.97 Å². The summed E-state index contributed by atoms with van der Waals surface area (Å²) >= 11 is 1.57. The second-order valence-corrected chi connectivity index (χ2v) is 4.97. The van der Waals surface area contributed by atoms with E-state index in [2.05, 4.69) is 5.32 Å². The number of hydrogen-bond donors (Lipinski definition) is 2. The van der Waals surface area contributed by atoms with Crippen LogP contribution in [0.25, 0.3) is 0 Å². The molecule has 0 saturated carbocycles. The Balaban J connectivity index is 2.94. The first-order valence-corrected chi connectivity index (χ1v) is 7.10. The van der Waals surface area contributed by atoms with Gasteiger partial charge < -0.3 is 15.2 Å². The molecule has 0 aliphatic heterocycles. The number of carboxylic acids is 1. The lowest BCUT2D eigenvalue weighted by atomic mass is 10.1. The quantitative estimate of drug-likeness (QED) is 0.838. The Hall–Kier alpha value is -1.69. The SMILES string of the molecule is COc1ccc(NC(=O)C(C)CSC)c(C(=O)O)c1. The van der Waals surface area contributed by atoms with E-state index in [1.165, 1.54) is 19.2 Å². The summed E-state index contributed by atoms with van der Waals surface area (Å²) in [4.78, 5) is 23.0. The second-order valence-electron chi connectivity index (χ2n) is 4.06. The fourth-order valence-electron chi connectivity index (χ4n) is 1.52. The van der Waals surface area contributed by atoms with Crippen LogP contribution >= 0.6 is 11.8 Å². The Bertz CT molecular complexity index is 476. The zero-order valence-electron chi connectivity index (χ0n) is 11.1. The number of carbonyl (C=O) groups is 2. The maximum Gasteiger partial charge on any atom is 0.337 e. The van der Waals surface area contributed by atoms with Gasteiger partial charge in [-0.2, -0.15) is 11.8 Å². The number of ether oxygens (including phenoxy) is 1. The van der Waals surface area contributed by atoms with Crippen LogP contribution < -0.4 is 10.1 Å². The molecule has 0 aliphatic carbocycles. The first kappa shape index (κ1) is 15.4. The molecule has 0 fully saturated rings.